The Bertz CT molecular complexity index is 675. The predicted molar refractivity (Wildman–Crippen MR) is 82.4 cm³/mol. The van der Waals surface area contributed by atoms with E-state index >= 15 is 0 Å². The van der Waals surface area contributed by atoms with Gasteiger partial charge in [-0.1, -0.05) is 6.07 Å². The molecule has 0 saturated heterocycles. The van der Waals surface area contributed by atoms with E-state index in [4.69, 9.17) is 0 Å². The molecule has 1 aromatic carbocycles. The molecular weight excluding hydrogens is 266 g/mol. The van der Waals surface area contributed by atoms with E-state index in [2.05, 4.69) is 15.6 Å². The summed E-state index contributed by atoms with van der Waals surface area (Å²) >= 11 is 0. The highest BCUT2D eigenvalue weighted by Gasteiger charge is 2.08. The summed E-state index contributed by atoms with van der Waals surface area (Å²) in [5.74, 6) is -0.112. The number of amides is 2. The fourth-order valence-electron chi connectivity index (χ4n) is 2.07. The number of carbonyl (C=O) groups is 2. The molecule has 0 aliphatic rings. The van der Waals surface area contributed by atoms with Crippen molar-refractivity contribution >= 4 is 23.3 Å². The van der Waals surface area contributed by atoms with Gasteiger partial charge in [0.25, 0.3) is 5.91 Å². The SMILES string of the molecule is CC(=O)Nc1cc(C(=O)Nc2cc(C)cc(C)c2)ccn1. The number of nitrogens with one attached hydrogen (secondary N) is 2. The second-order valence-corrected chi connectivity index (χ2v) is 4.94. The lowest BCUT2D eigenvalue weighted by Crippen LogP contribution is -2.14. The van der Waals surface area contributed by atoms with Gasteiger partial charge in [0.05, 0.1) is 0 Å². The zero-order valence-electron chi connectivity index (χ0n) is 12.2. The molecule has 0 atom stereocenters. The van der Waals surface area contributed by atoms with Crippen molar-refractivity contribution in [1.29, 1.82) is 0 Å². The van der Waals surface area contributed by atoms with Crippen LogP contribution in [0.25, 0.3) is 0 Å². The van der Waals surface area contributed by atoms with Crippen LogP contribution in [0.1, 0.15) is 28.4 Å². The molecule has 0 aliphatic carbocycles. The van der Waals surface area contributed by atoms with E-state index in [-0.39, 0.29) is 11.8 Å². The number of anilines is 2. The first-order valence-electron chi connectivity index (χ1n) is 6.57. The number of benzene rings is 1. The van der Waals surface area contributed by atoms with Gasteiger partial charge in [-0.05, 0) is 49.2 Å². The van der Waals surface area contributed by atoms with E-state index in [9.17, 15) is 9.59 Å². The highest BCUT2D eigenvalue weighted by atomic mass is 16.2. The maximum atomic E-state index is 12.2. The highest BCUT2D eigenvalue weighted by molar-refractivity contribution is 6.05. The summed E-state index contributed by atoms with van der Waals surface area (Å²) in [6.45, 7) is 5.35. The summed E-state index contributed by atoms with van der Waals surface area (Å²) in [4.78, 5) is 27.2. The first kappa shape index (κ1) is 14.7. The van der Waals surface area contributed by atoms with Gasteiger partial charge in [0.15, 0.2) is 0 Å². The second kappa shape index (κ2) is 6.17. The molecule has 2 rings (SSSR count). The molecule has 0 radical (unpaired) electrons. The minimum atomic E-state index is -0.242. The molecule has 1 heterocycles. The topological polar surface area (TPSA) is 71.1 Å². The molecule has 108 valence electrons. The maximum absolute atomic E-state index is 12.2. The van der Waals surface area contributed by atoms with Gasteiger partial charge in [0, 0.05) is 24.4 Å². The van der Waals surface area contributed by atoms with Crippen LogP contribution in [0.5, 0.6) is 0 Å². The van der Waals surface area contributed by atoms with E-state index in [0.29, 0.717) is 11.4 Å². The van der Waals surface area contributed by atoms with E-state index < -0.39 is 0 Å². The summed E-state index contributed by atoms with van der Waals surface area (Å²) in [5, 5.41) is 5.39. The van der Waals surface area contributed by atoms with Crippen LogP contribution in [0, 0.1) is 13.8 Å². The van der Waals surface area contributed by atoms with Crippen LogP contribution in [-0.2, 0) is 4.79 Å². The van der Waals surface area contributed by atoms with E-state index in [1.54, 1.807) is 12.1 Å². The van der Waals surface area contributed by atoms with Crippen molar-refractivity contribution in [2.24, 2.45) is 0 Å². The number of aromatic nitrogens is 1. The number of pyridine rings is 1. The second-order valence-electron chi connectivity index (χ2n) is 4.94. The number of carbonyl (C=O) groups excluding carboxylic acids is 2. The van der Waals surface area contributed by atoms with Crippen molar-refractivity contribution < 1.29 is 9.59 Å². The Labute approximate surface area is 123 Å². The normalized spacial score (nSPS) is 10.0. The lowest BCUT2D eigenvalue weighted by Gasteiger charge is -2.08. The Kier molecular flexibility index (Phi) is 4.33. The Morgan fingerprint density at radius 1 is 1.00 bits per heavy atom. The molecule has 0 unspecified atom stereocenters. The molecule has 0 spiro atoms. The summed E-state index contributed by atoms with van der Waals surface area (Å²) in [7, 11) is 0. The number of aryl methyl sites for hydroxylation is 2. The Morgan fingerprint density at radius 2 is 1.67 bits per heavy atom. The lowest BCUT2D eigenvalue weighted by atomic mass is 10.1. The Hall–Kier alpha value is -2.69. The van der Waals surface area contributed by atoms with Crippen LogP contribution >= 0.6 is 0 Å². The van der Waals surface area contributed by atoms with Crippen molar-refractivity contribution in [3.63, 3.8) is 0 Å². The average Bonchev–Trinajstić information content (AvgIpc) is 2.36. The molecule has 2 N–H and O–H groups in total. The monoisotopic (exact) mass is 283 g/mol. The average molecular weight is 283 g/mol. The summed E-state index contributed by atoms with van der Waals surface area (Å²) in [6, 6.07) is 8.99. The zero-order chi connectivity index (χ0) is 15.4. The van der Waals surface area contributed by atoms with Gasteiger partial charge in [0.1, 0.15) is 5.82 Å². The largest absolute Gasteiger partial charge is 0.322 e. The third-order valence-electron chi connectivity index (χ3n) is 2.81. The van der Waals surface area contributed by atoms with Crippen LogP contribution in [0.3, 0.4) is 0 Å². The zero-order valence-corrected chi connectivity index (χ0v) is 12.2. The fourth-order valence-corrected chi connectivity index (χ4v) is 2.07. The van der Waals surface area contributed by atoms with Crippen LogP contribution in [-0.4, -0.2) is 16.8 Å². The van der Waals surface area contributed by atoms with Gasteiger partial charge < -0.3 is 10.6 Å². The lowest BCUT2D eigenvalue weighted by molar-refractivity contribution is -0.114. The van der Waals surface area contributed by atoms with Gasteiger partial charge in [0.2, 0.25) is 5.91 Å². The number of nitrogens with zero attached hydrogens (tertiary/aromatic N) is 1. The first-order chi connectivity index (χ1) is 9.94. The van der Waals surface area contributed by atoms with Gasteiger partial charge in [-0.2, -0.15) is 0 Å². The molecule has 0 aliphatic heterocycles. The summed E-state index contributed by atoms with van der Waals surface area (Å²) < 4.78 is 0. The van der Waals surface area contributed by atoms with Gasteiger partial charge in [-0.25, -0.2) is 4.98 Å². The molecule has 0 fully saturated rings. The molecule has 21 heavy (non-hydrogen) atoms. The highest BCUT2D eigenvalue weighted by Crippen LogP contribution is 2.15. The van der Waals surface area contributed by atoms with Crippen LogP contribution in [0.2, 0.25) is 0 Å². The van der Waals surface area contributed by atoms with Crippen molar-refractivity contribution in [3.8, 4) is 0 Å². The Balaban J connectivity index is 2.18. The number of hydrogen-bond acceptors (Lipinski definition) is 3. The fraction of sp³-hybridized carbons (Fsp3) is 0.188. The molecular formula is C16H17N3O2. The first-order valence-corrected chi connectivity index (χ1v) is 6.57. The van der Waals surface area contributed by atoms with Crippen molar-refractivity contribution in [1.82, 2.24) is 4.98 Å². The van der Waals surface area contributed by atoms with Crippen molar-refractivity contribution in [3.05, 3.63) is 53.2 Å². The van der Waals surface area contributed by atoms with Crippen LogP contribution < -0.4 is 10.6 Å². The molecule has 5 nitrogen and oxygen atoms in total. The maximum Gasteiger partial charge on any atom is 0.255 e. The standard InChI is InChI=1S/C16H17N3O2/c1-10-6-11(2)8-14(7-10)19-16(21)13-4-5-17-15(9-13)18-12(3)20/h4-9H,1-3H3,(H,19,21)(H,17,18,20). The minimum Gasteiger partial charge on any atom is -0.322 e. The van der Waals surface area contributed by atoms with Gasteiger partial charge in [-0.15, -0.1) is 0 Å². The molecule has 0 bridgehead atoms. The molecule has 1 aromatic heterocycles. The smallest absolute Gasteiger partial charge is 0.255 e. The Morgan fingerprint density at radius 3 is 2.29 bits per heavy atom. The summed E-state index contributed by atoms with van der Waals surface area (Å²) in [5.41, 5.74) is 3.35. The molecule has 2 aromatic rings. The molecule has 5 heteroatoms. The summed E-state index contributed by atoms with van der Waals surface area (Å²) in [6.07, 6.45) is 1.49. The third-order valence-corrected chi connectivity index (χ3v) is 2.81. The van der Waals surface area contributed by atoms with Crippen LogP contribution in [0.15, 0.2) is 36.5 Å². The van der Waals surface area contributed by atoms with E-state index in [1.165, 1.54) is 13.1 Å². The third kappa shape index (κ3) is 4.14. The number of rotatable bonds is 3. The quantitative estimate of drug-likeness (QED) is 0.909. The van der Waals surface area contributed by atoms with Crippen molar-refractivity contribution in [2.45, 2.75) is 20.8 Å². The molecule has 2 amide bonds. The van der Waals surface area contributed by atoms with Crippen molar-refractivity contribution in [2.75, 3.05) is 10.6 Å². The number of hydrogen-bond donors (Lipinski definition) is 2. The van der Waals surface area contributed by atoms with E-state index in [1.807, 2.05) is 32.0 Å². The van der Waals surface area contributed by atoms with Gasteiger partial charge in [-0.3, -0.25) is 9.59 Å². The van der Waals surface area contributed by atoms with Gasteiger partial charge >= 0.3 is 0 Å². The minimum absolute atomic E-state index is 0.227. The van der Waals surface area contributed by atoms with Crippen LogP contribution in [0.4, 0.5) is 11.5 Å². The predicted octanol–water partition coefficient (Wildman–Crippen LogP) is 2.91. The molecule has 0 saturated carbocycles. The van der Waals surface area contributed by atoms with E-state index in [0.717, 1.165) is 16.8 Å².